The van der Waals surface area contributed by atoms with Crippen molar-refractivity contribution in [2.75, 3.05) is 19.6 Å². The number of benzene rings is 2. The maximum atomic E-state index is 13.5. The molecule has 0 saturated carbocycles. The second kappa shape index (κ2) is 17.3. The highest BCUT2D eigenvalue weighted by molar-refractivity contribution is 5.93. The first-order valence-corrected chi connectivity index (χ1v) is 13.5. The number of alkyl halides is 3. The van der Waals surface area contributed by atoms with Crippen molar-refractivity contribution >= 4 is 36.1 Å². The molecule has 2 aromatic carbocycles. The summed E-state index contributed by atoms with van der Waals surface area (Å²) < 4.78 is 37.0. The number of carbonyl (C=O) groups excluding carboxylic acids is 4. The van der Waals surface area contributed by atoms with Gasteiger partial charge in [0.15, 0.2) is 0 Å². The van der Waals surface area contributed by atoms with Crippen LogP contribution in [0.15, 0.2) is 60.7 Å². The predicted octanol–water partition coefficient (Wildman–Crippen LogP) is 1.81. The molecule has 16 heteroatoms. The molecule has 1 heterocycles. The van der Waals surface area contributed by atoms with Gasteiger partial charge in [0.05, 0.1) is 0 Å². The molecule has 4 N–H and O–H groups in total. The Balaban J connectivity index is 0.000000900. The van der Waals surface area contributed by atoms with Crippen molar-refractivity contribution in [2.45, 2.75) is 50.8 Å². The second-order valence-electron chi connectivity index (χ2n) is 9.79. The first kappa shape index (κ1) is 36.2. The zero-order chi connectivity index (χ0) is 33.6. The summed E-state index contributed by atoms with van der Waals surface area (Å²) in [7, 11) is 0. The third kappa shape index (κ3) is 12.3. The van der Waals surface area contributed by atoms with Crippen molar-refractivity contribution in [1.82, 2.24) is 20.4 Å². The van der Waals surface area contributed by atoms with Gasteiger partial charge < -0.3 is 35.3 Å². The van der Waals surface area contributed by atoms with Crippen molar-refractivity contribution < 1.29 is 56.9 Å². The fourth-order valence-corrected chi connectivity index (χ4v) is 4.12. The summed E-state index contributed by atoms with van der Waals surface area (Å²) in [6.45, 7) is 2.78. The minimum absolute atomic E-state index is 0.0249. The zero-order valence-corrected chi connectivity index (χ0v) is 24.1. The van der Waals surface area contributed by atoms with E-state index in [9.17, 15) is 42.3 Å². The summed E-state index contributed by atoms with van der Waals surface area (Å²) in [6.07, 6.45) is -5.85. The van der Waals surface area contributed by atoms with Crippen molar-refractivity contribution in [3.05, 3.63) is 71.8 Å². The average Bonchev–Trinajstić information content (AvgIpc) is 3.14. The highest BCUT2D eigenvalue weighted by Gasteiger charge is 2.38. The molecule has 0 aliphatic carbocycles. The number of aliphatic carboxylic acids is 2. The van der Waals surface area contributed by atoms with Crippen molar-refractivity contribution in [1.29, 1.82) is 0 Å². The van der Waals surface area contributed by atoms with Crippen LogP contribution in [0.3, 0.4) is 0 Å². The van der Waals surface area contributed by atoms with Crippen molar-refractivity contribution in [3.8, 4) is 0 Å². The molecule has 2 unspecified atom stereocenters. The molecule has 244 valence electrons. The fraction of sp³-hybridized carbons (Fsp3) is 0.379. The lowest BCUT2D eigenvalue weighted by molar-refractivity contribution is -0.192. The third-order valence-corrected chi connectivity index (χ3v) is 6.47. The lowest BCUT2D eigenvalue weighted by Gasteiger charge is -2.30. The molecule has 1 aliphatic heterocycles. The number of halogens is 3. The number of alkyl carbamates (subject to hydrolysis) is 1. The van der Waals surface area contributed by atoms with E-state index < -0.39 is 60.6 Å². The molecule has 0 spiro atoms. The average molecular weight is 639 g/mol. The number of carboxylic acid groups (broad SMARTS) is 2. The number of amides is 3. The van der Waals surface area contributed by atoms with E-state index in [0.717, 1.165) is 11.1 Å². The third-order valence-electron chi connectivity index (χ3n) is 6.47. The molecular weight excluding hydrogens is 605 g/mol. The molecule has 0 aromatic heterocycles. The first-order valence-electron chi connectivity index (χ1n) is 13.5. The Morgan fingerprint density at radius 3 is 2.07 bits per heavy atom. The van der Waals surface area contributed by atoms with Gasteiger partial charge in [-0.1, -0.05) is 60.7 Å². The Hall–Kier alpha value is -4.99. The largest absolute Gasteiger partial charge is 0.490 e. The summed E-state index contributed by atoms with van der Waals surface area (Å²) in [5.74, 6) is -5.32. The molecule has 13 nitrogen and oxygen atoms in total. The monoisotopic (exact) mass is 638 g/mol. The van der Waals surface area contributed by atoms with Gasteiger partial charge in [0.2, 0.25) is 11.8 Å². The van der Waals surface area contributed by atoms with E-state index in [0.29, 0.717) is 19.4 Å². The van der Waals surface area contributed by atoms with E-state index in [1.807, 2.05) is 65.6 Å². The van der Waals surface area contributed by atoms with Crippen LogP contribution in [-0.4, -0.2) is 100 Å². The summed E-state index contributed by atoms with van der Waals surface area (Å²) in [4.78, 5) is 73.4. The predicted molar refractivity (Wildman–Crippen MR) is 150 cm³/mol. The van der Waals surface area contributed by atoms with E-state index in [1.165, 1.54) is 11.8 Å². The first-order chi connectivity index (χ1) is 21.2. The number of nitrogens with one attached hydrogen (secondary N) is 2. The zero-order valence-electron chi connectivity index (χ0n) is 24.1. The van der Waals surface area contributed by atoms with Crippen LogP contribution in [0.2, 0.25) is 0 Å². The summed E-state index contributed by atoms with van der Waals surface area (Å²) in [6, 6.07) is 15.3. The van der Waals surface area contributed by atoms with E-state index in [-0.39, 0.29) is 19.7 Å². The molecule has 3 amide bonds. The van der Waals surface area contributed by atoms with Gasteiger partial charge in [0.25, 0.3) is 0 Å². The molecule has 1 saturated heterocycles. The highest BCUT2D eigenvalue weighted by Crippen LogP contribution is 2.15. The SMILES string of the molecule is CC(C(=O)N[C@@H](CC=O)C(=O)O)N1CCN(Cc2ccccc2)CC(NC(=O)OCc2ccccc2)C1=O.O=C(O)C(F)(F)F. The van der Waals surface area contributed by atoms with Gasteiger partial charge in [0.1, 0.15) is 31.0 Å². The lowest BCUT2D eigenvalue weighted by Crippen LogP contribution is -2.57. The molecule has 3 atom stereocenters. The molecule has 3 rings (SSSR count). The highest BCUT2D eigenvalue weighted by atomic mass is 19.4. The van der Waals surface area contributed by atoms with Crippen LogP contribution in [0.1, 0.15) is 24.5 Å². The summed E-state index contributed by atoms with van der Waals surface area (Å²) in [5.41, 5.74) is 1.80. The second-order valence-corrected chi connectivity index (χ2v) is 9.79. The number of hydrogen-bond acceptors (Lipinski definition) is 8. The Morgan fingerprint density at radius 1 is 1.00 bits per heavy atom. The maximum absolute atomic E-state index is 13.5. The molecule has 0 bridgehead atoms. The van der Waals surface area contributed by atoms with Gasteiger partial charge >= 0.3 is 24.2 Å². The summed E-state index contributed by atoms with van der Waals surface area (Å²) >= 11 is 0. The van der Waals surface area contributed by atoms with Crippen LogP contribution in [0.4, 0.5) is 18.0 Å². The van der Waals surface area contributed by atoms with Crippen LogP contribution in [0.25, 0.3) is 0 Å². The fourth-order valence-electron chi connectivity index (χ4n) is 4.12. The topological polar surface area (TPSA) is 183 Å². The Bertz CT molecular complexity index is 1310. The number of carboxylic acids is 2. The standard InChI is InChI=1S/C27H32N4O7.C2HF3O2/c1-19(24(33)28-22(12-15-32)26(35)36)31-14-13-30(16-20-8-4-2-5-9-20)17-23(25(31)34)29-27(37)38-18-21-10-6-3-7-11-21;3-2(4,5)1(6)7/h2-11,15,19,22-23H,12-14,16-18H2,1H3,(H,28,33)(H,29,37)(H,35,36);(H,6,7)/t19?,22-,23?;/m0./s1. The number of aldehydes is 1. The van der Waals surface area contributed by atoms with Gasteiger partial charge in [-0.05, 0) is 18.1 Å². The van der Waals surface area contributed by atoms with Crippen LogP contribution in [0.5, 0.6) is 0 Å². The van der Waals surface area contributed by atoms with Crippen molar-refractivity contribution in [2.24, 2.45) is 0 Å². The smallest absolute Gasteiger partial charge is 0.480 e. The Morgan fingerprint density at radius 2 is 1.56 bits per heavy atom. The lowest BCUT2D eigenvalue weighted by atomic mass is 10.1. The minimum Gasteiger partial charge on any atom is -0.480 e. The number of carbonyl (C=O) groups is 6. The number of rotatable bonds is 11. The number of hydrogen-bond donors (Lipinski definition) is 4. The molecule has 1 fully saturated rings. The van der Waals surface area contributed by atoms with Crippen LogP contribution >= 0.6 is 0 Å². The minimum atomic E-state index is -5.08. The maximum Gasteiger partial charge on any atom is 0.490 e. The van der Waals surface area contributed by atoms with Crippen LogP contribution in [-0.2, 0) is 41.9 Å². The molecule has 45 heavy (non-hydrogen) atoms. The quantitative estimate of drug-likeness (QED) is 0.265. The molecule has 0 radical (unpaired) electrons. The van der Waals surface area contributed by atoms with E-state index in [2.05, 4.69) is 10.6 Å². The van der Waals surface area contributed by atoms with E-state index in [4.69, 9.17) is 14.6 Å². The van der Waals surface area contributed by atoms with Crippen LogP contribution < -0.4 is 10.6 Å². The van der Waals surface area contributed by atoms with Crippen LogP contribution in [0, 0.1) is 0 Å². The van der Waals surface area contributed by atoms with E-state index in [1.54, 1.807) is 0 Å². The number of ether oxygens (including phenoxy) is 1. The van der Waals surface area contributed by atoms with Crippen molar-refractivity contribution in [3.63, 3.8) is 0 Å². The normalized spacial score (nSPS) is 16.6. The van der Waals surface area contributed by atoms with Gasteiger partial charge in [-0.2, -0.15) is 13.2 Å². The van der Waals surface area contributed by atoms with Gasteiger partial charge in [-0.3, -0.25) is 14.5 Å². The van der Waals surface area contributed by atoms with E-state index >= 15 is 0 Å². The molecule has 2 aromatic rings. The van der Waals surface area contributed by atoms with Gasteiger partial charge in [0, 0.05) is 32.6 Å². The van der Waals surface area contributed by atoms with Gasteiger partial charge in [-0.15, -0.1) is 0 Å². The Kier molecular flexibility index (Phi) is 14.0. The Labute approximate surface area is 255 Å². The summed E-state index contributed by atoms with van der Waals surface area (Å²) in [5, 5.41) is 21.3. The molecular formula is C29H33F3N4O9. The van der Waals surface area contributed by atoms with Gasteiger partial charge in [-0.25, -0.2) is 14.4 Å². The number of nitrogens with zero attached hydrogens (tertiary/aromatic N) is 2. The molecule has 1 aliphatic rings.